The lowest BCUT2D eigenvalue weighted by Crippen LogP contribution is -2.29. The minimum atomic E-state index is 0.397. The van der Waals surface area contributed by atoms with Gasteiger partial charge in [0, 0.05) is 23.7 Å². The summed E-state index contributed by atoms with van der Waals surface area (Å²) in [6.07, 6.45) is 2.38. The number of halogens is 1. The van der Waals surface area contributed by atoms with Gasteiger partial charge in [0.2, 0.25) is 0 Å². The Morgan fingerprint density at radius 2 is 2.06 bits per heavy atom. The van der Waals surface area contributed by atoms with E-state index < -0.39 is 0 Å². The third-order valence-electron chi connectivity index (χ3n) is 3.43. The van der Waals surface area contributed by atoms with E-state index in [1.54, 1.807) is 0 Å². The van der Waals surface area contributed by atoms with Crippen LogP contribution in [-0.2, 0) is 4.74 Å². The highest BCUT2D eigenvalue weighted by Gasteiger charge is 2.15. The van der Waals surface area contributed by atoms with Crippen LogP contribution in [0.5, 0.6) is 0 Å². The van der Waals surface area contributed by atoms with Gasteiger partial charge in [-0.1, -0.05) is 34.1 Å². The molecule has 1 unspecified atom stereocenters. The van der Waals surface area contributed by atoms with Crippen molar-refractivity contribution in [1.82, 2.24) is 5.32 Å². The van der Waals surface area contributed by atoms with Crippen molar-refractivity contribution < 1.29 is 4.74 Å². The molecule has 1 aliphatic heterocycles. The summed E-state index contributed by atoms with van der Waals surface area (Å²) in [4.78, 5) is 0. The molecule has 2 rings (SSSR count). The maximum Gasteiger partial charge on any atom is 0.0469 e. The molecule has 0 bridgehead atoms. The minimum Gasteiger partial charge on any atom is -0.381 e. The molecule has 3 heteroatoms. The first-order valence-corrected chi connectivity index (χ1v) is 7.12. The van der Waals surface area contributed by atoms with Crippen LogP contribution in [0.2, 0.25) is 0 Å². The fourth-order valence-corrected chi connectivity index (χ4v) is 2.86. The van der Waals surface area contributed by atoms with Gasteiger partial charge in [-0.05, 0) is 43.9 Å². The standard InChI is InChI=1S/C14H20BrNO/c1-11(13-4-2-3-5-14(13)15)16-10-12-6-8-17-9-7-12/h2-5,11-12,16H,6-10H2,1H3. The molecular weight excluding hydrogens is 278 g/mol. The zero-order valence-electron chi connectivity index (χ0n) is 10.3. The van der Waals surface area contributed by atoms with Crippen LogP contribution in [0.15, 0.2) is 28.7 Å². The Hall–Kier alpha value is -0.380. The summed E-state index contributed by atoms with van der Waals surface area (Å²) < 4.78 is 6.56. The summed E-state index contributed by atoms with van der Waals surface area (Å²) in [7, 11) is 0. The van der Waals surface area contributed by atoms with Crippen LogP contribution < -0.4 is 5.32 Å². The molecule has 2 nitrogen and oxygen atoms in total. The average molecular weight is 298 g/mol. The Bertz CT molecular complexity index is 350. The van der Waals surface area contributed by atoms with Gasteiger partial charge in [0.15, 0.2) is 0 Å². The zero-order chi connectivity index (χ0) is 12.1. The molecule has 0 radical (unpaired) electrons. The summed E-state index contributed by atoms with van der Waals surface area (Å²) in [5.41, 5.74) is 1.33. The summed E-state index contributed by atoms with van der Waals surface area (Å²) in [5, 5.41) is 3.62. The van der Waals surface area contributed by atoms with E-state index in [2.05, 4.69) is 52.4 Å². The highest BCUT2D eigenvalue weighted by molar-refractivity contribution is 9.10. The molecule has 1 aromatic rings. The first kappa shape index (κ1) is 13.1. The second-order valence-electron chi connectivity index (χ2n) is 4.71. The highest BCUT2D eigenvalue weighted by atomic mass is 79.9. The Kier molecular flexibility index (Phi) is 5.01. The minimum absolute atomic E-state index is 0.397. The van der Waals surface area contributed by atoms with E-state index >= 15 is 0 Å². The normalized spacial score (nSPS) is 19.2. The van der Waals surface area contributed by atoms with Crippen molar-refractivity contribution in [2.75, 3.05) is 19.8 Å². The molecule has 94 valence electrons. The smallest absolute Gasteiger partial charge is 0.0469 e. The third-order valence-corrected chi connectivity index (χ3v) is 4.15. The Labute approximate surface area is 112 Å². The van der Waals surface area contributed by atoms with Crippen molar-refractivity contribution in [3.05, 3.63) is 34.3 Å². The summed E-state index contributed by atoms with van der Waals surface area (Å²) in [6, 6.07) is 8.81. The van der Waals surface area contributed by atoms with E-state index in [9.17, 15) is 0 Å². The lowest BCUT2D eigenvalue weighted by molar-refractivity contribution is 0.0656. The number of nitrogens with one attached hydrogen (secondary N) is 1. The van der Waals surface area contributed by atoms with Gasteiger partial charge in [0.25, 0.3) is 0 Å². The molecule has 1 heterocycles. The predicted molar refractivity (Wildman–Crippen MR) is 74.1 cm³/mol. The van der Waals surface area contributed by atoms with E-state index in [4.69, 9.17) is 4.74 Å². The van der Waals surface area contributed by atoms with Gasteiger partial charge in [-0.25, -0.2) is 0 Å². The van der Waals surface area contributed by atoms with Crippen molar-refractivity contribution >= 4 is 15.9 Å². The van der Waals surface area contributed by atoms with E-state index in [0.29, 0.717) is 6.04 Å². The second kappa shape index (κ2) is 6.53. The van der Waals surface area contributed by atoms with E-state index in [1.807, 2.05) is 0 Å². The number of hydrogen-bond donors (Lipinski definition) is 1. The van der Waals surface area contributed by atoms with Crippen LogP contribution in [0.4, 0.5) is 0 Å². The van der Waals surface area contributed by atoms with Crippen LogP contribution in [0, 0.1) is 5.92 Å². The summed E-state index contributed by atoms with van der Waals surface area (Å²) in [6.45, 7) is 5.16. The van der Waals surface area contributed by atoms with Gasteiger partial charge in [-0.3, -0.25) is 0 Å². The molecule has 1 N–H and O–H groups in total. The molecule has 0 aliphatic carbocycles. The van der Waals surface area contributed by atoms with Gasteiger partial charge < -0.3 is 10.1 Å². The van der Waals surface area contributed by atoms with Gasteiger partial charge >= 0.3 is 0 Å². The Morgan fingerprint density at radius 1 is 1.35 bits per heavy atom. The molecule has 1 aliphatic rings. The van der Waals surface area contributed by atoms with Crippen LogP contribution in [-0.4, -0.2) is 19.8 Å². The van der Waals surface area contributed by atoms with Gasteiger partial charge in [0.1, 0.15) is 0 Å². The van der Waals surface area contributed by atoms with Crippen molar-refractivity contribution in [3.63, 3.8) is 0 Å². The van der Waals surface area contributed by atoms with Crippen LogP contribution in [0.1, 0.15) is 31.4 Å². The van der Waals surface area contributed by atoms with Gasteiger partial charge in [0.05, 0.1) is 0 Å². The van der Waals surface area contributed by atoms with Gasteiger partial charge in [-0.2, -0.15) is 0 Å². The number of ether oxygens (including phenoxy) is 1. The van der Waals surface area contributed by atoms with Crippen molar-refractivity contribution in [1.29, 1.82) is 0 Å². The SMILES string of the molecule is CC(NCC1CCOCC1)c1ccccc1Br. The largest absolute Gasteiger partial charge is 0.381 e. The molecule has 1 aromatic carbocycles. The number of benzene rings is 1. The van der Waals surface area contributed by atoms with Gasteiger partial charge in [-0.15, -0.1) is 0 Å². The number of hydrogen-bond acceptors (Lipinski definition) is 2. The fourth-order valence-electron chi connectivity index (χ4n) is 2.23. The van der Waals surface area contributed by atoms with Crippen molar-refractivity contribution in [2.24, 2.45) is 5.92 Å². The van der Waals surface area contributed by atoms with E-state index in [1.165, 1.54) is 22.9 Å². The molecule has 1 fully saturated rings. The third kappa shape index (κ3) is 3.80. The lowest BCUT2D eigenvalue weighted by Gasteiger charge is -2.24. The summed E-state index contributed by atoms with van der Waals surface area (Å²) >= 11 is 3.60. The average Bonchev–Trinajstić information content (AvgIpc) is 2.38. The first-order valence-electron chi connectivity index (χ1n) is 6.33. The topological polar surface area (TPSA) is 21.3 Å². The molecule has 0 saturated carbocycles. The van der Waals surface area contributed by atoms with Crippen LogP contribution >= 0.6 is 15.9 Å². The zero-order valence-corrected chi connectivity index (χ0v) is 11.9. The Balaban J connectivity index is 1.84. The monoisotopic (exact) mass is 297 g/mol. The first-order chi connectivity index (χ1) is 8.27. The predicted octanol–water partition coefficient (Wildman–Crippen LogP) is 3.53. The van der Waals surface area contributed by atoms with Crippen LogP contribution in [0.25, 0.3) is 0 Å². The van der Waals surface area contributed by atoms with Crippen molar-refractivity contribution in [3.8, 4) is 0 Å². The maximum absolute atomic E-state index is 5.37. The molecule has 0 amide bonds. The molecule has 0 spiro atoms. The second-order valence-corrected chi connectivity index (χ2v) is 5.56. The molecule has 1 atom stereocenters. The molecule has 17 heavy (non-hydrogen) atoms. The molecular formula is C14H20BrNO. The van der Waals surface area contributed by atoms with Crippen LogP contribution in [0.3, 0.4) is 0 Å². The Morgan fingerprint density at radius 3 is 2.76 bits per heavy atom. The molecule has 0 aromatic heterocycles. The fraction of sp³-hybridized carbons (Fsp3) is 0.571. The highest BCUT2D eigenvalue weighted by Crippen LogP contribution is 2.23. The number of rotatable bonds is 4. The molecule has 1 saturated heterocycles. The van der Waals surface area contributed by atoms with E-state index in [0.717, 1.165) is 25.7 Å². The quantitative estimate of drug-likeness (QED) is 0.918. The van der Waals surface area contributed by atoms with E-state index in [-0.39, 0.29) is 0 Å². The van der Waals surface area contributed by atoms with Crippen molar-refractivity contribution in [2.45, 2.75) is 25.8 Å². The maximum atomic E-state index is 5.37. The lowest BCUT2D eigenvalue weighted by atomic mass is 9.99. The summed E-state index contributed by atoms with van der Waals surface area (Å²) in [5.74, 6) is 0.772.